The molecule has 2 aromatic heterocycles. The van der Waals surface area contributed by atoms with Gasteiger partial charge in [-0.05, 0) is 17.5 Å². The molecule has 66 valence electrons. The van der Waals surface area contributed by atoms with Crippen LogP contribution in [0.25, 0.3) is 10.1 Å². The van der Waals surface area contributed by atoms with Crippen molar-refractivity contribution in [1.82, 2.24) is 4.98 Å². The largest absolute Gasteiger partial charge is 0.499 e. The smallest absolute Gasteiger partial charge is 0.423 e. The number of aromatic amines is 1. The number of hydrogen-bond acceptors (Lipinski definition) is 4. The summed E-state index contributed by atoms with van der Waals surface area (Å²) in [7, 11) is -1.50. The van der Waals surface area contributed by atoms with Crippen LogP contribution in [0.3, 0.4) is 0 Å². The first-order valence-corrected chi connectivity index (χ1v) is 4.47. The molecule has 2 heterocycles. The van der Waals surface area contributed by atoms with E-state index >= 15 is 0 Å². The van der Waals surface area contributed by atoms with Gasteiger partial charge >= 0.3 is 7.12 Å². The fraction of sp³-hybridized carbons (Fsp3) is 0. The zero-order chi connectivity index (χ0) is 9.42. The third-order valence-corrected chi connectivity index (χ3v) is 2.91. The molecule has 2 aromatic rings. The van der Waals surface area contributed by atoms with Crippen LogP contribution in [0.15, 0.2) is 23.1 Å². The Morgan fingerprint density at radius 3 is 2.85 bits per heavy atom. The lowest BCUT2D eigenvalue weighted by atomic mass is 9.89. The van der Waals surface area contributed by atoms with Crippen molar-refractivity contribution in [3.63, 3.8) is 0 Å². The molecule has 0 spiro atoms. The molecule has 0 unspecified atom stereocenters. The molecule has 0 radical (unpaired) electrons. The van der Waals surface area contributed by atoms with E-state index in [0.29, 0.717) is 9.48 Å². The summed E-state index contributed by atoms with van der Waals surface area (Å²) < 4.78 is 0.900. The van der Waals surface area contributed by atoms with Gasteiger partial charge in [-0.1, -0.05) is 0 Å². The second-order valence-corrected chi connectivity index (χ2v) is 3.70. The molecular formula is C7H6BNO3S. The van der Waals surface area contributed by atoms with Crippen LogP contribution in [-0.4, -0.2) is 22.2 Å². The number of hydrogen-bond donors (Lipinski definition) is 3. The molecule has 0 aliphatic heterocycles. The van der Waals surface area contributed by atoms with Crippen molar-refractivity contribution in [3.8, 4) is 0 Å². The van der Waals surface area contributed by atoms with Gasteiger partial charge in [-0.15, -0.1) is 11.3 Å². The summed E-state index contributed by atoms with van der Waals surface area (Å²) in [6.07, 6.45) is 1.53. The molecule has 0 aliphatic rings. The Morgan fingerprint density at radius 2 is 2.23 bits per heavy atom. The molecule has 13 heavy (non-hydrogen) atoms. The highest BCUT2D eigenvalue weighted by Gasteiger charge is 2.15. The summed E-state index contributed by atoms with van der Waals surface area (Å²) >= 11 is 1.09. The lowest BCUT2D eigenvalue weighted by Crippen LogP contribution is -2.26. The Bertz CT molecular complexity index is 490. The average Bonchev–Trinajstić information content (AvgIpc) is 2.49. The van der Waals surface area contributed by atoms with Gasteiger partial charge in [0.1, 0.15) is 0 Å². The standard InChI is InChI=1S/C7H6BNO3S/c10-7-6-4(1-2-9-7)3-5(13-6)8(11)12/h1-3,11-12H,(H,9,10). The van der Waals surface area contributed by atoms with Crippen molar-refractivity contribution in [2.75, 3.05) is 0 Å². The van der Waals surface area contributed by atoms with Crippen LogP contribution in [0.5, 0.6) is 0 Å². The van der Waals surface area contributed by atoms with Gasteiger partial charge < -0.3 is 15.0 Å². The van der Waals surface area contributed by atoms with Crippen LogP contribution in [-0.2, 0) is 0 Å². The summed E-state index contributed by atoms with van der Waals surface area (Å²) in [4.78, 5) is 13.7. The highest BCUT2D eigenvalue weighted by molar-refractivity contribution is 7.27. The zero-order valence-electron chi connectivity index (χ0n) is 6.52. The van der Waals surface area contributed by atoms with Gasteiger partial charge in [0.15, 0.2) is 0 Å². The van der Waals surface area contributed by atoms with Gasteiger partial charge in [-0.25, -0.2) is 0 Å². The van der Waals surface area contributed by atoms with Crippen molar-refractivity contribution >= 4 is 33.3 Å². The van der Waals surface area contributed by atoms with Crippen LogP contribution in [0.4, 0.5) is 0 Å². The van der Waals surface area contributed by atoms with E-state index in [2.05, 4.69) is 4.98 Å². The van der Waals surface area contributed by atoms with E-state index in [9.17, 15) is 4.79 Å². The highest BCUT2D eigenvalue weighted by atomic mass is 32.1. The first-order chi connectivity index (χ1) is 6.18. The minimum atomic E-state index is -1.50. The van der Waals surface area contributed by atoms with Crippen molar-refractivity contribution in [1.29, 1.82) is 0 Å². The first kappa shape index (κ1) is 8.49. The molecule has 0 saturated carbocycles. The molecule has 3 N–H and O–H groups in total. The van der Waals surface area contributed by atoms with Crippen molar-refractivity contribution in [2.45, 2.75) is 0 Å². The van der Waals surface area contributed by atoms with Crippen LogP contribution in [0.1, 0.15) is 0 Å². The van der Waals surface area contributed by atoms with Crippen LogP contribution in [0.2, 0.25) is 0 Å². The van der Waals surface area contributed by atoms with E-state index in [1.54, 1.807) is 12.1 Å². The van der Waals surface area contributed by atoms with Crippen LogP contribution >= 0.6 is 11.3 Å². The predicted molar refractivity (Wildman–Crippen MR) is 52.3 cm³/mol. The second kappa shape index (κ2) is 2.99. The molecular weight excluding hydrogens is 189 g/mol. The Kier molecular flexibility index (Phi) is 1.95. The molecule has 4 nitrogen and oxygen atoms in total. The molecule has 0 atom stereocenters. The number of thiophene rings is 1. The van der Waals surface area contributed by atoms with Crippen molar-refractivity contribution in [2.24, 2.45) is 0 Å². The summed E-state index contributed by atoms with van der Waals surface area (Å²) in [6.45, 7) is 0. The minimum Gasteiger partial charge on any atom is -0.423 e. The SMILES string of the molecule is O=c1[nH]ccc2cc(B(O)O)sc12. The van der Waals surface area contributed by atoms with Crippen molar-refractivity contribution < 1.29 is 10.0 Å². The maximum Gasteiger partial charge on any atom is 0.499 e. The summed E-state index contributed by atoms with van der Waals surface area (Å²) in [6, 6.07) is 3.32. The van der Waals surface area contributed by atoms with Crippen LogP contribution < -0.4 is 10.3 Å². The van der Waals surface area contributed by atoms with E-state index in [0.717, 1.165) is 16.7 Å². The lowest BCUT2D eigenvalue weighted by molar-refractivity contribution is 0.427. The fourth-order valence-electron chi connectivity index (χ4n) is 1.13. The van der Waals surface area contributed by atoms with Gasteiger partial charge in [-0.3, -0.25) is 4.79 Å². The fourth-order valence-corrected chi connectivity index (χ4v) is 2.05. The second-order valence-electron chi connectivity index (χ2n) is 2.61. The third-order valence-electron chi connectivity index (χ3n) is 1.72. The van der Waals surface area contributed by atoms with Gasteiger partial charge in [0.05, 0.1) is 4.70 Å². The Morgan fingerprint density at radius 1 is 1.46 bits per heavy atom. The van der Waals surface area contributed by atoms with Gasteiger partial charge in [0.25, 0.3) is 5.56 Å². The average molecular weight is 195 g/mol. The van der Waals surface area contributed by atoms with Crippen LogP contribution in [0, 0.1) is 0 Å². The molecule has 0 fully saturated rings. The topological polar surface area (TPSA) is 73.3 Å². The maximum atomic E-state index is 11.2. The Labute approximate surface area is 77.6 Å². The molecule has 2 rings (SSSR count). The molecule has 0 aliphatic carbocycles. The third kappa shape index (κ3) is 1.39. The van der Waals surface area contributed by atoms with E-state index in [1.165, 1.54) is 6.20 Å². The first-order valence-electron chi connectivity index (χ1n) is 3.66. The zero-order valence-corrected chi connectivity index (χ0v) is 7.34. The predicted octanol–water partition coefficient (Wildman–Crippen LogP) is -0.731. The normalized spacial score (nSPS) is 10.6. The number of pyridine rings is 1. The molecule has 0 bridgehead atoms. The van der Waals surface area contributed by atoms with Gasteiger partial charge in [0, 0.05) is 11.0 Å². The van der Waals surface area contributed by atoms with Gasteiger partial charge in [0.2, 0.25) is 0 Å². The van der Waals surface area contributed by atoms with E-state index in [4.69, 9.17) is 10.0 Å². The number of nitrogens with one attached hydrogen (secondary N) is 1. The summed E-state index contributed by atoms with van der Waals surface area (Å²) in [5.41, 5.74) is -0.200. The molecule has 0 aromatic carbocycles. The number of H-pyrrole nitrogens is 1. The monoisotopic (exact) mass is 195 g/mol. The summed E-state index contributed by atoms with van der Waals surface area (Å²) in [5.74, 6) is 0. The van der Waals surface area contributed by atoms with Gasteiger partial charge in [-0.2, -0.15) is 0 Å². The number of fused-ring (bicyclic) bond motifs is 1. The molecule has 6 heteroatoms. The Balaban J connectivity index is 2.76. The van der Waals surface area contributed by atoms with Crippen molar-refractivity contribution in [3.05, 3.63) is 28.7 Å². The molecule has 0 amide bonds. The van der Waals surface area contributed by atoms with E-state index in [1.807, 2.05) is 0 Å². The Hall–Kier alpha value is -1.11. The lowest BCUT2D eigenvalue weighted by Gasteiger charge is -1.87. The molecule has 0 saturated heterocycles. The maximum absolute atomic E-state index is 11.2. The number of rotatable bonds is 1. The minimum absolute atomic E-state index is 0.200. The number of aromatic nitrogens is 1. The van der Waals surface area contributed by atoms with E-state index < -0.39 is 7.12 Å². The highest BCUT2D eigenvalue weighted by Crippen LogP contribution is 2.13. The van der Waals surface area contributed by atoms with E-state index in [-0.39, 0.29) is 5.56 Å². The summed E-state index contributed by atoms with van der Waals surface area (Å²) in [5, 5.41) is 18.5. The quantitative estimate of drug-likeness (QED) is 0.525.